The van der Waals surface area contributed by atoms with E-state index in [1.54, 1.807) is 28.7 Å². The van der Waals surface area contributed by atoms with E-state index in [2.05, 4.69) is 30.8 Å². The van der Waals surface area contributed by atoms with E-state index in [4.69, 9.17) is 9.47 Å². The Kier molecular flexibility index (Phi) is 9.04. The van der Waals surface area contributed by atoms with E-state index in [0.29, 0.717) is 17.2 Å². The van der Waals surface area contributed by atoms with E-state index in [9.17, 15) is 18.4 Å². The highest BCUT2D eigenvalue weighted by molar-refractivity contribution is 7.13. The molecule has 2 aliphatic rings. The Hall–Kier alpha value is -4.08. The van der Waals surface area contributed by atoms with Crippen molar-refractivity contribution in [2.24, 2.45) is 0 Å². The van der Waals surface area contributed by atoms with Gasteiger partial charge in [0.1, 0.15) is 28.1 Å². The molecule has 15 heteroatoms. The van der Waals surface area contributed by atoms with Gasteiger partial charge in [-0.1, -0.05) is 0 Å². The molecule has 0 bridgehead atoms. The highest BCUT2D eigenvalue weighted by Gasteiger charge is 2.27. The molecule has 2 N–H and O–H groups in total. The van der Waals surface area contributed by atoms with Crippen molar-refractivity contribution in [2.75, 3.05) is 18.5 Å². The molecule has 12 nitrogen and oxygen atoms in total. The zero-order valence-electron chi connectivity index (χ0n) is 24.0. The van der Waals surface area contributed by atoms with Gasteiger partial charge in [0.15, 0.2) is 12.5 Å². The van der Waals surface area contributed by atoms with E-state index in [1.165, 1.54) is 16.0 Å². The lowest BCUT2D eigenvalue weighted by molar-refractivity contribution is -0.150. The van der Waals surface area contributed by atoms with Crippen molar-refractivity contribution in [3.63, 3.8) is 0 Å². The number of nitrogens with one attached hydrogen (secondary N) is 2. The number of esters is 1. The number of hydrogen-bond acceptors (Lipinski definition) is 10. The number of rotatable bonds is 10. The molecule has 1 amide bonds. The Balaban J connectivity index is 1.17. The van der Waals surface area contributed by atoms with Crippen molar-refractivity contribution in [2.45, 2.75) is 70.4 Å². The lowest BCUT2D eigenvalue weighted by atomic mass is 9.93. The van der Waals surface area contributed by atoms with Gasteiger partial charge in [0.25, 0.3) is 5.91 Å². The predicted octanol–water partition coefficient (Wildman–Crippen LogP) is 4.57. The number of halogens is 2. The molecule has 0 aromatic carbocycles. The first-order chi connectivity index (χ1) is 21.4. The topological polar surface area (TPSA) is 138 Å². The molecule has 1 unspecified atom stereocenters. The standard InChI is InChI=1S/C29H32F2N8O4S/c1-2-42-19-7-5-18(6-8-19)39-14-22(26(37-39)25-20(30)9-10-24(31)36-25)34-27(40)23-15-44-28(35-23)17-12-33-38(13-17)16-43-29(41)21-4-3-11-32-21/h9-10,12-15,18-19,21,32H,2-8,11,16H2,1H3,(H,34,40). The predicted molar refractivity (Wildman–Crippen MR) is 157 cm³/mol. The first-order valence-electron chi connectivity index (χ1n) is 14.6. The van der Waals surface area contributed by atoms with E-state index < -0.39 is 17.7 Å². The van der Waals surface area contributed by atoms with Crippen LogP contribution in [0, 0.1) is 11.8 Å². The van der Waals surface area contributed by atoms with Crippen molar-refractivity contribution in [3.05, 3.63) is 53.6 Å². The Morgan fingerprint density at radius 3 is 2.73 bits per heavy atom. The summed E-state index contributed by atoms with van der Waals surface area (Å²) in [5.41, 5.74) is 0.699. The second-order valence-electron chi connectivity index (χ2n) is 10.7. The highest BCUT2D eigenvalue weighted by Crippen LogP contribution is 2.34. The molecule has 2 fully saturated rings. The molecule has 5 heterocycles. The largest absolute Gasteiger partial charge is 0.441 e. The van der Waals surface area contributed by atoms with Crippen LogP contribution in [0.4, 0.5) is 14.5 Å². The summed E-state index contributed by atoms with van der Waals surface area (Å²) in [5, 5.41) is 16.8. The third kappa shape index (κ3) is 6.69. The molecule has 1 saturated heterocycles. The number of anilines is 1. The number of carbonyl (C=O) groups is 2. The van der Waals surface area contributed by atoms with Crippen molar-refractivity contribution < 1.29 is 27.8 Å². The SMILES string of the molecule is CCOC1CCC(n2cc(NC(=O)c3csc(-c4cnn(COC(=O)C5CCCN5)c4)n3)c(-c3nc(F)ccc3F)n2)CC1. The molecule has 4 aromatic rings. The average molecular weight is 627 g/mol. The van der Waals surface area contributed by atoms with Crippen LogP contribution in [0.3, 0.4) is 0 Å². The van der Waals surface area contributed by atoms with Crippen molar-refractivity contribution >= 4 is 28.9 Å². The molecule has 44 heavy (non-hydrogen) atoms. The van der Waals surface area contributed by atoms with Crippen LogP contribution in [-0.2, 0) is 21.0 Å². The Morgan fingerprint density at radius 2 is 1.95 bits per heavy atom. The van der Waals surface area contributed by atoms with Crippen molar-refractivity contribution in [3.8, 4) is 22.0 Å². The minimum Gasteiger partial charge on any atom is -0.441 e. The summed E-state index contributed by atoms with van der Waals surface area (Å²) in [6, 6.07) is 1.62. The number of ether oxygens (including phenoxy) is 2. The maximum absolute atomic E-state index is 14.8. The molecule has 232 valence electrons. The van der Waals surface area contributed by atoms with Gasteiger partial charge in [-0.2, -0.15) is 14.6 Å². The molecule has 4 aromatic heterocycles. The average Bonchev–Trinajstić information content (AvgIpc) is 3.84. The number of nitrogens with zero attached hydrogens (tertiary/aromatic N) is 6. The van der Waals surface area contributed by atoms with Gasteiger partial charge < -0.3 is 20.1 Å². The number of carbonyl (C=O) groups excluding carboxylic acids is 2. The fourth-order valence-electron chi connectivity index (χ4n) is 5.50. The number of pyridine rings is 1. The molecule has 1 aliphatic heterocycles. The van der Waals surface area contributed by atoms with Gasteiger partial charge >= 0.3 is 5.97 Å². The van der Waals surface area contributed by atoms with E-state index >= 15 is 0 Å². The Labute approximate surface area is 255 Å². The maximum Gasteiger partial charge on any atom is 0.324 e. The fraction of sp³-hybridized carbons (Fsp3) is 0.448. The number of amides is 1. The Bertz CT molecular complexity index is 1620. The summed E-state index contributed by atoms with van der Waals surface area (Å²) in [7, 11) is 0. The van der Waals surface area contributed by atoms with Crippen LogP contribution in [0.25, 0.3) is 22.0 Å². The van der Waals surface area contributed by atoms with Crippen molar-refractivity contribution in [1.82, 2.24) is 34.8 Å². The zero-order valence-corrected chi connectivity index (χ0v) is 24.9. The molecular weight excluding hydrogens is 594 g/mol. The molecule has 6 rings (SSSR count). The monoisotopic (exact) mass is 626 g/mol. The first kappa shape index (κ1) is 30.0. The van der Waals surface area contributed by atoms with E-state index in [0.717, 1.165) is 57.2 Å². The van der Waals surface area contributed by atoms with Gasteiger partial charge in [-0.05, 0) is 64.1 Å². The molecule has 0 radical (unpaired) electrons. The van der Waals surface area contributed by atoms with Crippen LogP contribution in [0.15, 0.2) is 36.1 Å². The van der Waals surface area contributed by atoms with Crippen LogP contribution in [0.2, 0.25) is 0 Å². The number of thiazole rings is 1. The van der Waals surface area contributed by atoms with Crippen LogP contribution < -0.4 is 10.6 Å². The smallest absolute Gasteiger partial charge is 0.324 e. The molecule has 1 aliphatic carbocycles. The molecule has 0 spiro atoms. The third-order valence-electron chi connectivity index (χ3n) is 7.74. The molecule has 1 saturated carbocycles. The second-order valence-corrected chi connectivity index (χ2v) is 11.6. The van der Waals surface area contributed by atoms with E-state index in [-0.39, 0.29) is 53.7 Å². The quantitative estimate of drug-likeness (QED) is 0.192. The van der Waals surface area contributed by atoms with E-state index in [1.807, 2.05) is 6.92 Å². The lowest BCUT2D eigenvalue weighted by Crippen LogP contribution is -2.32. The summed E-state index contributed by atoms with van der Waals surface area (Å²) in [6.45, 7) is 3.37. The minimum absolute atomic E-state index is 0.00356. The summed E-state index contributed by atoms with van der Waals surface area (Å²) in [5.74, 6) is -2.48. The normalized spacial score (nSPS) is 20.1. The second kappa shape index (κ2) is 13.3. The maximum atomic E-state index is 14.8. The number of aromatic nitrogens is 6. The van der Waals surface area contributed by atoms with Crippen LogP contribution in [-0.4, -0.2) is 66.7 Å². The summed E-state index contributed by atoms with van der Waals surface area (Å²) < 4.78 is 43.1. The zero-order chi connectivity index (χ0) is 30.6. The fourth-order valence-corrected chi connectivity index (χ4v) is 6.27. The third-order valence-corrected chi connectivity index (χ3v) is 8.63. The van der Waals surface area contributed by atoms with Crippen LogP contribution in [0.1, 0.15) is 62.0 Å². The minimum atomic E-state index is -0.861. The van der Waals surface area contributed by atoms with Gasteiger partial charge in [-0.15, -0.1) is 11.3 Å². The van der Waals surface area contributed by atoms with Gasteiger partial charge in [-0.25, -0.2) is 19.0 Å². The van der Waals surface area contributed by atoms with Gasteiger partial charge in [0.05, 0.1) is 24.0 Å². The van der Waals surface area contributed by atoms with Crippen molar-refractivity contribution in [1.29, 1.82) is 0 Å². The Morgan fingerprint density at radius 1 is 1.11 bits per heavy atom. The lowest BCUT2D eigenvalue weighted by Gasteiger charge is -2.28. The van der Waals surface area contributed by atoms with Gasteiger partial charge in [-0.3, -0.25) is 14.3 Å². The summed E-state index contributed by atoms with van der Waals surface area (Å²) >= 11 is 1.24. The first-order valence-corrected chi connectivity index (χ1v) is 15.5. The van der Waals surface area contributed by atoms with Crippen LogP contribution >= 0.6 is 11.3 Å². The van der Waals surface area contributed by atoms with Gasteiger partial charge in [0, 0.05) is 29.9 Å². The highest BCUT2D eigenvalue weighted by atomic mass is 32.1. The summed E-state index contributed by atoms with van der Waals surface area (Å²) in [4.78, 5) is 33.7. The number of hydrogen-bond donors (Lipinski definition) is 2. The molecule has 1 atom stereocenters. The summed E-state index contributed by atoms with van der Waals surface area (Å²) in [6.07, 6.45) is 10.0. The molecular formula is C29H32F2N8O4S. The van der Waals surface area contributed by atoms with Gasteiger partial charge in [0.2, 0.25) is 5.95 Å². The van der Waals surface area contributed by atoms with Crippen LogP contribution in [0.5, 0.6) is 0 Å².